The van der Waals surface area contributed by atoms with Gasteiger partial charge in [0.25, 0.3) is 5.91 Å². The first-order chi connectivity index (χ1) is 9.86. The lowest BCUT2D eigenvalue weighted by Crippen LogP contribution is -2.41. The lowest BCUT2D eigenvalue weighted by Gasteiger charge is -2.15. The van der Waals surface area contributed by atoms with Gasteiger partial charge in [-0.2, -0.15) is 0 Å². The van der Waals surface area contributed by atoms with Gasteiger partial charge in [0.2, 0.25) is 0 Å². The topological polar surface area (TPSA) is 92.7 Å². The van der Waals surface area contributed by atoms with Crippen molar-refractivity contribution in [3.63, 3.8) is 0 Å². The quantitative estimate of drug-likeness (QED) is 0.758. The molecular weight excluding hydrogens is 342 g/mol. The summed E-state index contributed by atoms with van der Waals surface area (Å²) in [5.74, 6) is -2.23. The van der Waals surface area contributed by atoms with E-state index in [1.807, 2.05) is 13.0 Å². The molecule has 0 aliphatic heterocycles. The SMILES string of the molecule is COC(=O)CC[C@@H](NC(=O)c1cccc(C)c1Br)C(=O)O. The predicted octanol–water partition coefficient (Wildman–Crippen LogP) is 1.89. The Hall–Kier alpha value is -1.89. The Labute approximate surface area is 130 Å². The van der Waals surface area contributed by atoms with Crippen molar-refractivity contribution in [2.75, 3.05) is 7.11 Å². The standard InChI is InChI=1S/C14H16BrNO5/c1-8-4-3-5-9(12(8)15)13(18)16-10(14(19)20)6-7-11(17)21-2/h3-5,10H,6-7H2,1-2H3,(H,16,18)(H,19,20)/t10-/m1/s1. The van der Waals surface area contributed by atoms with Crippen LogP contribution in [0.1, 0.15) is 28.8 Å². The molecule has 1 aromatic carbocycles. The largest absolute Gasteiger partial charge is 0.480 e. The highest BCUT2D eigenvalue weighted by Gasteiger charge is 2.23. The van der Waals surface area contributed by atoms with Gasteiger partial charge in [-0.15, -0.1) is 0 Å². The van der Waals surface area contributed by atoms with Crippen LogP contribution in [0.2, 0.25) is 0 Å². The van der Waals surface area contributed by atoms with Gasteiger partial charge in [-0.1, -0.05) is 12.1 Å². The molecule has 0 aliphatic carbocycles. The van der Waals surface area contributed by atoms with E-state index in [9.17, 15) is 14.4 Å². The van der Waals surface area contributed by atoms with Gasteiger partial charge in [-0.3, -0.25) is 9.59 Å². The third-order valence-corrected chi connectivity index (χ3v) is 3.96. The molecule has 0 saturated carbocycles. The number of aliphatic carboxylic acids is 1. The molecule has 0 aliphatic rings. The number of methoxy groups -OCH3 is 1. The normalized spacial score (nSPS) is 11.6. The number of hydrogen-bond donors (Lipinski definition) is 2. The molecule has 114 valence electrons. The number of carbonyl (C=O) groups excluding carboxylic acids is 2. The molecule has 21 heavy (non-hydrogen) atoms. The summed E-state index contributed by atoms with van der Waals surface area (Å²) in [4.78, 5) is 34.3. The van der Waals surface area contributed by atoms with Gasteiger partial charge < -0.3 is 15.2 Å². The molecule has 0 fully saturated rings. The summed E-state index contributed by atoms with van der Waals surface area (Å²) in [6.45, 7) is 1.83. The Kier molecular flexibility index (Phi) is 6.36. The number of carboxylic acids is 1. The maximum Gasteiger partial charge on any atom is 0.326 e. The van der Waals surface area contributed by atoms with Crippen molar-refractivity contribution in [3.8, 4) is 0 Å². The summed E-state index contributed by atoms with van der Waals surface area (Å²) in [6.07, 6.45) is -0.111. The van der Waals surface area contributed by atoms with Crippen LogP contribution in [-0.4, -0.2) is 36.1 Å². The van der Waals surface area contributed by atoms with Crippen LogP contribution in [-0.2, 0) is 14.3 Å². The fourth-order valence-corrected chi connectivity index (χ4v) is 2.12. The third-order valence-electron chi connectivity index (χ3n) is 2.90. The minimum Gasteiger partial charge on any atom is -0.480 e. The fourth-order valence-electron chi connectivity index (χ4n) is 1.68. The van der Waals surface area contributed by atoms with E-state index in [1.54, 1.807) is 12.1 Å². The molecule has 0 spiro atoms. The first-order valence-electron chi connectivity index (χ1n) is 6.22. The second kappa shape index (κ2) is 7.78. The molecule has 0 radical (unpaired) electrons. The van der Waals surface area contributed by atoms with Gasteiger partial charge in [0, 0.05) is 10.9 Å². The molecular formula is C14H16BrNO5. The van der Waals surface area contributed by atoms with E-state index in [0.717, 1.165) is 5.56 Å². The van der Waals surface area contributed by atoms with E-state index in [1.165, 1.54) is 7.11 Å². The van der Waals surface area contributed by atoms with Crippen molar-refractivity contribution < 1.29 is 24.2 Å². The number of benzene rings is 1. The minimum atomic E-state index is -1.20. The molecule has 0 unspecified atom stereocenters. The van der Waals surface area contributed by atoms with Gasteiger partial charge in [-0.25, -0.2) is 4.79 Å². The number of nitrogens with one attached hydrogen (secondary N) is 1. The van der Waals surface area contributed by atoms with Crippen LogP contribution < -0.4 is 5.32 Å². The van der Waals surface area contributed by atoms with Crippen LogP contribution >= 0.6 is 15.9 Å². The summed E-state index contributed by atoms with van der Waals surface area (Å²) in [6, 6.07) is 3.97. The Morgan fingerprint density at radius 1 is 1.38 bits per heavy atom. The Bertz CT molecular complexity index is 558. The fraction of sp³-hybridized carbons (Fsp3) is 0.357. The Balaban J connectivity index is 2.79. The molecule has 0 aromatic heterocycles. The highest BCUT2D eigenvalue weighted by atomic mass is 79.9. The predicted molar refractivity (Wildman–Crippen MR) is 79.0 cm³/mol. The smallest absolute Gasteiger partial charge is 0.326 e. The number of carboxylic acid groups (broad SMARTS) is 1. The summed E-state index contributed by atoms with van der Waals surface area (Å²) in [5, 5.41) is 11.5. The number of aryl methyl sites for hydroxylation is 1. The lowest BCUT2D eigenvalue weighted by molar-refractivity contribution is -0.142. The molecule has 2 N–H and O–H groups in total. The minimum absolute atomic E-state index is 0.0306. The average Bonchev–Trinajstić information content (AvgIpc) is 2.45. The van der Waals surface area contributed by atoms with Gasteiger partial charge in [0.1, 0.15) is 6.04 Å². The molecule has 1 amide bonds. The maximum atomic E-state index is 12.1. The van der Waals surface area contributed by atoms with Gasteiger partial charge in [0.15, 0.2) is 0 Å². The van der Waals surface area contributed by atoms with Crippen molar-refractivity contribution in [1.29, 1.82) is 0 Å². The third kappa shape index (κ3) is 4.86. The maximum absolute atomic E-state index is 12.1. The monoisotopic (exact) mass is 357 g/mol. The molecule has 1 aromatic rings. The van der Waals surface area contributed by atoms with E-state index in [4.69, 9.17) is 5.11 Å². The van der Waals surface area contributed by atoms with Crippen molar-refractivity contribution >= 4 is 33.8 Å². The van der Waals surface area contributed by atoms with E-state index >= 15 is 0 Å². The lowest BCUT2D eigenvalue weighted by atomic mass is 10.1. The second-order valence-electron chi connectivity index (χ2n) is 4.42. The van der Waals surface area contributed by atoms with E-state index in [-0.39, 0.29) is 12.8 Å². The Morgan fingerprint density at radius 3 is 2.62 bits per heavy atom. The number of carbonyl (C=O) groups is 3. The summed E-state index contributed by atoms with van der Waals surface area (Å²) in [7, 11) is 1.22. The summed E-state index contributed by atoms with van der Waals surface area (Å²) in [5.41, 5.74) is 1.21. The molecule has 0 heterocycles. The van der Waals surface area contributed by atoms with Crippen molar-refractivity contribution in [3.05, 3.63) is 33.8 Å². The molecule has 1 atom stereocenters. The second-order valence-corrected chi connectivity index (χ2v) is 5.21. The van der Waals surface area contributed by atoms with Crippen LogP contribution in [0.4, 0.5) is 0 Å². The molecule has 0 bridgehead atoms. The zero-order valence-electron chi connectivity index (χ0n) is 11.7. The molecule has 7 heteroatoms. The van der Waals surface area contributed by atoms with Crippen molar-refractivity contribution in [2.45, 2.75) is 25.8 Å². The zero-order valence-corrected chi connectivity index (χ0v) is 13.3. The number of rotatable bonds is 6. The number of halogens is 1. The highest BCUT2D eigenvalue weighted by molar-refractivity contribution is 9.10. The molecule has 6 nitrogen and oxygen atoms in total. The van der Waals surface area contributed by atoms with Crippen LogP contribution in [0.25, 0.3) is 0 Å². The van der Waals surface area contributed by atoms with Gasteiger partial charge >= 0.3 is 11.9 Å². The van der Waals surface area contributed by atoms with Crippen LogP contribution in [0, 0.1) is 6.92 Å². The number of esters is 1. The van der Waals surface area contributed by atoms with Gasteiger partial charge in [-0.05, 0) is 40.9 Å². The number of ether oxygens (including phenoxy) is 1. The van der Waals surface area contributed by atoms with Crippen molar-refractivity contribution in [2.24, 2.45) is 0 Å². The summed E-state index contributed by atoms with van der Waals surface area (Å²) >= 11 is 3.30. The van der Waals surface area contributed by atoms with E-state index in [2.05, 4.69) is 26.0 Å². The van der Waals surface area contributed by atoms with Crippen LogP contribution in [0.3, 0.4) is 0 Å². The van der Waals surface area contributed by atoms with Crippen molar-refractivity contribution in [1.82, 2.24) is 5.32 Å². The number of amides is 1. The first-order valence-corrected chi connectivity index (χ1v) is 7.01. The average molecular weight is 358 g/mol. The van der Waals surface area contributed by atoms with Crippen LogP contribution in [0.5, 0.6) is 0 Å². The summed E-state index contributed by atoms with van der Waals surface area (Å²) < 4.78 is 5.06. The molecule has 1 rings (SSSR count). The van der Waals surface area contributed by atoms with Gasteiger partial charge in [0.05, 0.1) is 12.7 Å². The first kappa shape index (κ1) is 17.2. The number of hydrogen-bond acceptors (Lipinski definition) is 4. The van der Waals surface area contributed by atoms with E-state index in [0.29, 0.717) is 10.0 Å². The molecule has 0 saturated heterocycles. The highest BCUT2D eigenvalue weighted by Crippen LogP contribution is 2.21. The van der Waals surface area contributed by atoms with Crippen LogP contribution in [0.15, 0.2) is 22.7 Å². The Morgan fingerprint density at radius 2 is 2.05 bits per heavy atom. The van der Waals surface area contributed by atoms with E-state index < -0.39 is 23.9 Å². The zero-order chi connectivity index (χ0) is 16.0.